The van der Waals surface area contributed by atoms with Crippen LogP contribution in [0.5, 0.6) is 5.75 Å². The van der Waals surface area contributed by atoms with Crippen molar-refractivity contribution in [3.05, 3.63) is 57.0 Å². The van der Waals surface area contributed by atoms with Crippen molar-refractivity contribution >= 4 is 45.1 Å². The van der Waals surface area contributed by atoms with Crippen LogP contribution in [0, 0.1) is 6.92 Å². The molecule has 2 aromatic rings. The molecule has 126 valence electrons. The maximum absolute atomic E-state index is 12.3. The number of carboxylic acids is 1. The molecular formula is C17H15BrClNO4. The minimum Gasteiger partial charge on any atom is -0.480 e. The first-order valence-electron chi connectivity index (χ1n) is 7.04. The Hall–Kier alpha value is -2.05. The molecule has 7 heteroatoms. The number of aromatic carboxylic acids is 1. The standard InChI is InChI=1S/C17H15BrClNO4/c1-9-3-5-12(19)8-14(9)20-16(21)10(2)24-15-6-4-11(17(22)23)7-13(15)18/h3-8,10H,1-2H3,(H,20,21)(H,22,23). The van der Waals surface area contributed by atoms with E-state index in [-0.39, 0.29) is 11.5 Å². The van der Waals surface area contributed by atoms with Crippen molar-refractivity contribution < 1.29 is 19.4 Å². The Kier molecular flexibility index (Phi) is 5.85. The smallest absolute Gasteiger partial charge is 0.335 e. The van der Waals surface area contributed by atoms with Gasteiger partial charge in [-0.25, -0.2) is 4.79 Å². The van der Waals surface area contributed by atoms with Crippen LogP contribution < -0.4 is 10.1 Å². The third kappa shape index (κ3) is 4.49. The fraction of sp³-hybridized carbons (Fsp3) is 0.176. The first-order valence-corrected chi connectivity index (χ1v) is 8.21. The van der Waals surface area contributed by atoms with Crippen LogP contribution >= 0.6 is 27.5 Å². The van der Waals surface area contributed by atoms with Crippen molar-refractivity contribution in [3.8, 4) is 5.75 Å². The van der Waals surface area contributed by atoms with Crippen LogP contribution in [-0.2, 0) is 4.79 Å². The zero-order chi connectivity index (χ0) is 17.9. The number of amides is 1. The summed E-state index contributed by atoms with van der Waals surface area (Å²) >= 11 is 9.18. The Morgan fingerprint density at radius 1 is 1.25 bits per heavy atom. The van der Waals surface area contributed by atoms with E-state index in [1.807, 2.05) is 13.0 Å². The van der Waals surface area contributed by atoms with Gasteiger partial charge in [-0.1, -0.05) is 17.7 Å². The summed E-state index contributed by atoms with van der Waals surface area (Å²) in [7, 11) is 0. The maximum atomic E-state index is 12.3. The van der Waals surface area contributed by atoms with Gasteiger partial charge in [-0.15, -0.1) is 0 Å². The maximum Gasteiger partial charge on any atom is 0.335 e. The highest BCUT2D eigenvalue weighted by Gasteiger charge is 2.18. The summed E-state index contributed by atoms with van der Waals surface area (Å²) in [5.74, 6) is -0.996. The lowest BCUT2D eigenvalue weighted by Gasteiger charge is -2.17. The summed E-state index contributed by atoms with van der Waals surface area (Å²) in [5, 5.41) is 12.2. The lowest BCUT2D eigenvalue weighted by atomic mass is 10.2. The van der Waals surface area contributed by atoms with Crippen LogP contribution in [0.3, 0.4) is 0 Å². The average Bonchev–Trinajstić information content (AvgIpc) is 2.52. The Morgan fingerprint density at radius 2 is 1.96 bits per heavy atom. The molecule has 0 aliphatic carbocycles. The number of rotatable bonds is 5. The second kappa shape index (κ2) is 7.68. The second-order valence-corrected chi connectivity index (χ2v) is 6.45. The summed E-state index contributed by atoms with van der Waals surface area (Å²) < 4.78 is 6.06. The van der Waals surface area contributed by atoms with Crippen LogP contribution in [0.15, 0.2) is 40.9 Å². The van der Waals surface area contributed by atoms with Gasteiger partial charge in [0.1, 0.15) is 5.75 Å². The van der Waals surface area contributed by atoms with Gasteiger partial charge in [-0.2, -0.15) is 0 Å². The van der Waals surface area contributed by atoms with Crippen molar-refractivity contribution in [1.29, 1.82) is 0 Å². The monoisotopic (exact) mass is 411 g/mol. The number of carbonyl (C=O) groups is 2. The highest BCUT2D eigenvalue weighted by atomic mass is 79.9. The quantitative estimate of drug-likeness (QED) is 0.757. The summed E-state index contributed by atoms with van der Waals surface area (Å²) in [6.45, 7) is 3.46. The largest absolute Gasteiger partial charge is 0.480 e. The van der Waals surface area contributed by atoms with Crippen molar-refractivity contribution in [1.82, 2.24) is 0 Å². The molecule has 0 saturated heterocycles. The molecule has 0 bridgehead atoms. The molecule has 0 heterocycles. The molecule has 2 aromatic carbocycles. The van der Waals surface area contributed by atoms with Gasteiger partial charge in [0.15, 0.2) is 6.10 Å². The molecule has 0 saturated carbocycles. The molecule has 0 spiro atoms. The molecule has 0 aliphatic rings. The van der Waals surface area contributed by atoms with E-state index >= 15 is 0 Å². The lowest BCUT2D eigenvalue weighted by molar-refractivity contribution is -0.122. The van der Waals surface area contributed by atoms with Crippen LogP contribution in [0.1, 0.15) is 22.8 Å². The Morgan fingerprint density at radius 3 is 2.58 bits per heavy atom. The van der Waals surface area contributed by atoms with E-state index in [9.17, 15) is 9.59 Å². The summed E-state index contributed by atoms with van der Waals surface area (Å²) in [4.78, 5) is 23.2. The normalized spacial score (nSPS) is 11.7. The molecule has 0 fully saturated rings. The number of benzene rings is 2. The molecule has 24 heavy (non-hydrogen) atoms. The minimum atomic E-state index is -1.04. The molecule has 2 rings (SSSR count). The average molecular weight is 413 g/mol. The molecule has 0 aliphatic heterocycles. The number of nitrogens with one attached hydrogen (secondary N) is 1. The molecule has 1 unspecified atom stereocenters. The molecule has 2 N–H and O–H groups in total. The number of hydrogen-bond donors (Lipinski definition) is 2. The van der Waals surface area contributed by atoms with Gasteiger partial charge in [-0.3, -0.25) is 4.79 Å². The minimum absolute atomic E-state index is 0.126. The Bertz CT molecular complexity index is 794. The van der Waals surface area contributed by atoms with Gasteiger partial charge in [0.2, 0.25) is 0 Å². The SMILES string of the molecule is Cc1ccc(Cl)cc1NC(=O)C(C)Oc1ccc(C(=O)O)cc1Br. The predicted octanol–water partition coefficient (Wildman–Crippen LogP) is 4.52. The zero-order valence-electron chi connectivity index (χ0n) is 13.0. The number of anilines is 1. The summed E-state index contributed by atoms with van der Waals surface area (Å²) in [6, 6.07) is 9.55. The number of aryl methyl sites for hydroxylation is 1. The van der Waals surface area contributed by atoms with Crippen molar-refractivity contribution in [3.63, 3.8) is 0 Å². The topological polar surface area (TPSA) is 75.6 Å². The first-order chi connectivity index (χ1) is 11.3. The van der Waals surface area contributed by atoms with Crippen LogP contribution in [0.2, 0.25) is 5.02 Å². The molecule has 5 nitrogen and oxygen atoms in total. The third-order valence-electron chi connectivity index (χ3n) is 3.31. The van der Waals surface area contributed by atoms with E-state index in [2.05, 4.69) is 21.2 Å². The third-order valence-corrected chi connectivity index (χ3v) is 4.16. The van der Waals surface area contributed by atoms with Gasteiger partial charge in [0, 0.05) is 10.7 Å². The van der Waals surface area contributed by atoms with E-state index in [0.717, 1.165) is 5.56 Å². The van der Waals surface area contributed by atoms with Gasteiger partial charge in [0.25, 0.3) is 5.91 Å². The zero-order valence-corrected chi connectivity index (χ0v) is 15.3. The molecular weight excluding hydrogens is 398 g/mol. The Balaban J connectivity index is 2.09. The van der Waals surface area contributed by atoms with Gasteiger partial charge >= 0.3 is 5.97 Å². The first kappa shape index (κ1) is 18.3. The van der Waals surface area contributed by atoms with Crippen LogP contribution in [0.25, 0.3) is 0 Å². The van der Waals surface area contributed by atoms with Gasteiger partial charge < -0.3 is 15.2 Å². The number of carboxylic acid groups (broad SMARTS) is 1. The van der Waals surface area contributed by atoms with E-state index in [4.69, 9.17) is 21.4 Å². The number of halogens is 2. The van der Waals surface area contributed by atoms with Crippen LogP contribution in [-0.4, -0.2) is 23.1 Å². The molecule has 0 aromatic heterocycles. The van der Waals surface area contributed by atoms with Crippen molar-refractivity contribution in [2.24, 2.45) is 0 Å². The summed E-state index contributed by atoms with van der Waals surface area (Å²) in [6.07, 6.45) is -0.782. The van der Waals surface area contributed by atoms with Crippen molar-refractivity contribution in [2.75, 3.05) is 5.32 Å². The highest BCUT2D eigenvalue weighted by molar-refractivity contribution is 9.10. The van der Waals surface area contributed by atoms with Crippen molar-refractivity contribution in [2.45, 2.75) is 20.0 Å². The highest BCUT2D eigenvalue weighted by Crippen LogP contribution is 2.27. The second-order valence-electron chi connectivity index (χ2n) is 5.16. The van der Waals surface area contributed by atoms with Gasteiger partial charge in [-0.05, 0) is 65.7 Å². The summed E-state index contributed by atoms with van der Waals surface area (Å²) in [5.41, 5.74) is 1.62. The number of ether oxygens (including phenoxy) is 1. The molecule has 1 amide bonds. The number of hydrogen-bond acceptors (Lipinski definition) is 3. The lowest BCUT2D eigenvalue weighted by Crippen LogP contribution is -2.30. The van der Waals surface area contributed by atoms with E-state index < -0.39 is 12.1 Å². The van der Waals surface area contributed by atoms with Gasteiger partial charge in [0.05, 0.1) is 10.0 Å². The fourth-order valence-corrected chi connectivity index (χ4v) is 2.58. The van der Waals surface area contributed by atoms with Crippen LogP contribution in [0.4, 0.5) is 5.69 Å². The van der Waals surface area contributed by atoms with E-state index in [1.54, 1.807) is 19.1 Å². The molecule has 1 atom stereocenters. The Labute approximate surface area is 152 Å². The molecule has 0 radical (unpaired) electrons. The van der Waals surface area contributed by atoms with E-state index in [1.165, 1.54) is 18.2 Å². The predicted molar refractivity (Wildman–Crippen MR) is 96.0 cm³/mol. The number of carbonyl (C=O) groups excluding carboxylic acids is 1. The van der Waals surface area contributed by atoms with E-state index in [0.29, 0.717) is 20.9 Å². The fourth-order valence-electron chi connectivity index (χ4n) is 1.94.